The fraction of sp³-hybridized carbons (Fsp3) is 0.857. The number of aliphatic hydroxyl groups excluding tert-OH is 5. The molecule has 6 N–H and O–H groups in total. The van der Waals surface area contributed by atoms with Crippen molar-refractivity contribution in [2.45, 2.75) is 449 Å². The van der Waals surface area contributed by atoms with Gasteiger partial charge in [0.1, 0.15) is 24.4 Å². The first kappa shape index (κ1) is 90.4. The summed E-state index contributed by atoms with van der Waals surface area (Å²) in [5.41, 5.74) is 0. The smallest absolute Gasteiger partial charge is 0.306 e. The maximum atomic E-state index is 13.6. The van der Waals surface area contributed by atoms with Crippen LogP contribution in [-0.2, 0) is 23.8 Å². The summed E-state index contributed by atoms with van der Waals surface area (Å²) in [4.78, 5) is 26.8. The zero-order valence-corrected chi connectivity index (χ0v) is 62.3. The van der Waals surface area contributed by atoms with E-state index < -0.39 is 67.4 Å². The van der Waals surface area contributed by atoms with Crippen molar-refractivity contribution in [1.29, 1.82) is 0 Å². The number of carbonyl (C=O) groups is 2. The van der Waals surface area contributed by atoms with Crippen LogP contribution in [0.1, 0.15) is 400 Å². The van der Waals surface area contributed by atoms with E-state index in [4.69, 9.17) is 14.2 Å². The first-order valence-corrected chi connectivity index (χ1v) is 41.1. The summed E-state index contributed by atoms with van der Waals surface area (Å²) >= 11 is 0. The number of ether oxygens (including phenoxy) is 3. The number of amides is 1. The van der Waals surface area contributed by atoms with Crippen molar-refractivity contribution in [2.24, 2.45) is 0 Å². The number of nitrogens with one attached hydrogen (secondary N) is 1. The minimum absolute atomic E-state index is 0.124. The summed E-state index contributed by atoms with van der Waals surface area (Å²) in [5.74, 6) is -1.18. The SMILES string of the molecule is CCCCC/C=C\C/C=C\C/C=C\CCCCCCCCCCCCCCCCC(=O)OC1C(OCC(NC(=O)C(O)CCCCCCCCCCCCCCCCCC/C=C/CCCCCCCC)C(O)/C=C/CCCCCCCCCCCCC)OC(CO)C(O)C1O. The lowest BCUT2D eigenvalue weighted by molar-refractivity contribution is -0.305. The lowest BCUT2D eigenvalue weighted by Crippen LogP contribution is -2.61. The predicted octanol–water partition coefficient (Wildman–Crippen LogP) is 22.4. The van der Waals surface area contributed by atoms with Gasteiger partial charge in [0.25, 0.3) is 0 Å². The number of esters is 1. The second-order valence-electron chi connectivity index (χ2n) is 28.5. The molecule has 1 amide bonds. The Balaban J connectivity index is 2.49. The third-order valence-electron chi connectivity index (χ3n) is 19.4. The summed E-state index contributed by atoms with van der Waals surface area (Å²) in [7, 11) is 0. The maximum Gasteiger partial charge on any atom is 0.306 e. The van der Waals surface area contributed by atoms with E-state index in [1.165, 1.54) is 283 Å². The molecule has 1 fully saturated rings. The number of aliphatic hydroxyl groups is 5. The molecule has 8 atom stereocenters. The summed E-state index contributed by atoms with van der Waals surface area (Å²) in [6, 6.07) is -1.02. The van der Waals surface area contributed by atoms with E-state index in [1.807, 2.05) is 6.08 Å². The van der Waals surface area contributed by atoms with Crippen molar-refractivity contribution in [2.75, 3.05) is 13.2 Å². The summed E-state index contributed by atoms with van der Waals surface area (Å²) in [5, 5.41) is 57.5. The van der Waals surface area contributed by atoms with Gasteiger partial charge in [0.2, 0.25) is 5.91 Å². The van der Waals surface area contributed by atoms with Crippen molar-refractivity contribution >= 4 is 11.9 Å². The molecule has 1 aliphatic rings. The molecule has 1 saturated heterocycles. The molecule has 8 unspecified atom stereocenters. The summed E-state index contributed by atoms with van der Waals surface area (Å²) in [6.07, 6.45) is 82.8. The highest BCUT2D eigenvalue weighted by atomic mass is 16.7. The third kappa shape index (κ3) is 57.8. The van der Waals surface area contributed by atoms with Crippen molar-refractivity contribution < 1.29 is 49.3 Å². The molecule has 0 spiro atoms. The van der Waals surface area contributed by atoms with Gasteiger partial charge in [-0.15, -0.1) is 0 Å². The van der Waals surface area contributed by atoms with Crippen molar-refractivity contribution in [3.8, 4) is 0 Å². The van der Waals surface area contributed by atoms with Crippen LogP contribution in [-0.4, -0.2) is 99.6 Å². The molecule has 0 saturated carbocycles. The fourth-order valence-electron chi connectivity index (χ4n) is 13.0. The van der Waals surface area contributed by atoms with E-state index in [2.05, 4.69) is 74.7 Å². The molecule has 1 heterocycles. The molecule has 1 rings (SSSR count). The van der Waals surface area contributed by atoms with Crippen LogP contribution in [0.15, 0.2) is 60.8 Å². The first-order valence-electron chi connectivity index (χ1n) is 41.1. The molecule has 0 radical (unpaired) electrons. The molecule has 95 heavy (non-hydrogen) atoms. The van der Waals surface area contributed by atoms with Crippen LogP contribution in [0.2, 0.25) is 0 Å². The topological polar surface area (TPSA) is 175 Å². The third-order valence-corrected chi connectivity index (χ3v) is 19.4. The monoisotopic (exact) mass is 1340 g/mol. The molecule has 556 valence electrons. The van der Waals surface area contributed by atoms with E-state index in [0.29, 0.717) is 19.3 Å². The molecule has 11 nitrogen and oxygen atoms in total. The van der Waals surface area contributed by atoms with Crippen LogP contribution < -0.4 is 5.32 Å². The zero-order valence-electron chi connectivity index (χ0n) is 62.3. The van der Waals surface area contributed by atoms with Crippen LogP contribution in [0.3, 0.4) is 0 Å². The number of allylic oxidation sites excluding steroid dienone is 9. The predicted molar refractivity (Wildman–Crippen MR) is 403 cm³/mol. The second kappa shape index (κ2) is 71.2. The van der Waals surface area contributed by atoms with Gasteiger partial charge >= 0.3 is 5.97 Å². The van der Waals surface area contributed by atoms with Gasteiger partial charge in [-0.05, 0) is 89.9 Å². The Labute approximate surface area is 586 Å². The van der Waals surface area contributed by atoms with Crippen LogP contribution in [0.25, 0.3) is 0 Å². The standard InChI is InChI=1S/C84H155NO10/c1-4-7-10-13-16-19-22-25-27-29-31-33-35-37-39-41-43-45-47-49-51-54-57-60-63-66-69-72-79(89)95-82-81(91)80(90)78(73-86)94-84(82)93-74-75(76(87)70-67-64-61-58-55-52-24-21-18-15-12-9-6-3)85-83(92)77(88)71-68-65-62-59-56-53-50-48-46-44-42-40-38-36-34-32-30-28-26-23-20-17-14-11-8-5-2/h16,19,25-28,31,33,67,70,75-78,80-82,84,86-88,90-91H,4-15,17-18,20-24,29-30,32,34-66,68-69,71-74H2,1-3H3,(H,85,92)/b19-16-,27-25-,28-26+,33-31-,70-67+. The number of carbonyl (C=O) groups excluding carboxylic acids is 2. The number of hydrogen-bond acceptors (Lipinski definition) is 10. The van der Waals surface area contributed by atoms with Gasteiger partial charge in [-0.1, -0.05) is 364 Å². The Morgan fingerprint density at radius 3 is 1.12 bits per heavy atom. The minimum atomic E-state index is -1.62. The van der Waals surface area contributed by atoms with Crippen LogP contribution in [0.4, 0.5) is 0 Å². The Morgan fingerprint density at radius 1 is 0.411 bits per heavy atom. The van der Waals surface area contributed by atoms with Crippen LogP contribution >= 0.6 is 0 Å². The molecule has 0 bridgehead atoms. The van der Waals surface area contributed by atoms with E-state index in [0.717, 1.165) is 70.6 Å². The van der Waals surface area contributed by atoms with Crippen molar-refractivity contribution in [3.05, 3.63) is 60.8 Å². The maximum absolute atomic E-state index is 13.6. The highest BCUT2D eigenvalue weighted by molar-refractivity contribution is 5.80. The molecule has 11 heteroatoms. The molecule has 0 aromatic carbocycles. The Kier molecular flexibility index (Phi) is 67.7. The average molecular weight is 1340 g/mol. The lowest BCUT2D eigenvalue weighted by Gasteiger charge is -2.41. The van der Waals surface area contributed by atoms with Gasteiger partial charge in [0.05, 0.1) is 25.4 Å². The largest absolute Gasteiger partial charge is 0.454 e. The first-order chi connectivity index (χ1) is 46.7. The second-order valence-corrected chi connectivity index (χ2v) is 28.5. The van der Waals surface area contributed by atoms with E-state index >= 15 is 0 Å². The molecular weight excluding hydrogens is 1180 g/mol. The van der Waals surface area contributed by atoms with E-state index in [9.17, 15) is 35.1 Å². The highest BCUT2D eigenvalue weighted by Gasteiger charge is 2.47. The minimum Gasteiger partial charge on any atom is -0.454 e. The normalized spacial score (nSPS) is 18.0. The van der Waals surface area contributed by atoms with E-state index in [1.54, 1.807) is 6.08 Å². The average Bonchev–Trinajstić information content (AvgIpc) is 0.823. The molecule has 1 aliphatic heterocycles. The Bertz CT molecular complexity index is 1780. The van der Waals surface area contributed by atoms with Gasteiger partial charge in [0.15, 0.2) is 12.4 Å². The van der Waals surface area contributed by atoms with Gasteiger partial charge < -0.3 is 45.1 Å². The van der Waals surface area contributed by atoms with Gasteiger partial charge in [-0.2, -0.15) is 0 Å². The number of rotatable bonds is 72. The summed E-state index contributed by atoms with van der Waals surface area (Å²) < 4.78 is 17.8. The number of unbranched alkanes of at least 4 members (excludes halogenated alkanes) is 50. The Morgan fingerprint density at radius 2 is 0.726 bits per heavy atom. The quantitative estimate of drug-likeness (QED) is 0.0195. The van der Waals surface area contributed by atoms with Crippen LogP contribution in [0.5, 0.6) is 0 Å². The summed E-state index contributed by atoms with van der Waals surface area (Å²) in [6.45, 7) is 5.83. The molecule has 0 aromatic heterocycles. The van der Waals surface area contributed by atoms with Crippen molar-refractivity contribution in [1.82, 2.24) is 5.32 Å². The van der Waals surface area contributed by atoms with Gasteiger partial charge in [0, 0.05) is 6.42 Å². The Hall–Kier alpha value is -2.64. The number of hydrogen-bond donors (Lipinski definition) is 6. The van der Waals surface area contributed by atoms with E-state index in [-0.39, 0.29) is 13.0 Å². The van der Waals surface area contributed by atoms with Crippen molar-refractivity contribution in [3.63, 3.8) is 0 Å². The molecule has 0 aliphatic carbocycles. The van der Waals surface area contributed by atoms with Crippen LogP contribution in [0, 0.1) is 0 Å². The lowest BCUT2D eigenvalue weighted by atomic mass is 9.99. The molecule has 0 aromatic rings. The van der Waals surface area contributed by atoms with Gasteiger partial charge in [-0.25, -0.2) is 0 Å². The fourth-order valence-corrected chi connectivity index (χ4v) is 13.0. The van der Waals surface area contributed by atoms with Gasteiger partial charge in [-0.3, -0.25) is 9.59 Å². The highest BCUT2D eigenvalue weighted by Crippen LogP contribution is 2.27. The zero-order chi connectivity index (χ0) is 68.8. The molecular formula is C84H155NO10.